The number of aliphatic hydroxyl groups is 10. The highest BCUT2D eigenvalue weighted by Crippen LogP contribution is 2.52. The minimum absolute atomic E-state index is 0.0131. The van der Waals surface area contributed by atoms with Crippen LogP contribution in [0.1, 0.15) is 40.0 Å². The third kappa shape index (κ3) is 40.1. The van der Waals surface area contributed by atoms with Crippen LogP contribution in [0.3, 0.4) is 0 Å². The molecule has 46 heteroatoms. The van der Waals surface area contributed by atoms with Crippen LogP contribution in [0.2, 0.25) is 0 Å². The average Bonchev–Trinajstić information content (AvgIpc) is 0.820. The standard InChI is InChI=1S/C58H112N3O40P3/c1-41(66)59-47-53(72)50(69)44(38-63)99-56(47)88-32-26-82-20-14-79-17-23-85-29-35-96-102(75,78-4)91-10-6-11-94-104(77,98-37-31-87-25-19-81-16-22-84-28-34-90-58-49(61-43(3)68)55(74)52(71)46(40-65)101-58)95-13-7-12-93-103(76,92-9-5-8-62)97-36-30-86-24-18-80-15-21-83-27-33-89-57-48(60-42(2)67)54(73)51(70)45(39-64)100-57/h44-58,62-65,69-74H,5-40H2,1-4H3,(H,59,66)(H,60,67)(H,61,68). The van der Waals surface area contributed by atoms with Crippen molar-refractivity contribution in [1.82, 2.24) is 16.0 Å². The zero-order valence-corrected chi connectivity index (χ0v) is 61.9. The fourth-order valence-corrected chi connectivity index (χ4v) is 12.6. The van der Waals surface area contributed by atoms with Gasteiger partial charge in [-0.3, -0.25) is 55.1 Å². The van der Waals surface area contributed by atoms with Gasteiger partial charge in [0.05, 0.1) is 211 Å². The van der Waals surface area contributed by atoms with Crippen LogP contribution in [0.5, 0.6) is 0 Å². The van der Waals surface area contributed by atoms with Gasteiger partial charge in [-0.05, 0) is 19.3 Å². The summed E-state index contributed by atoms with van der Waals surface area (Å²) >= 11 is 0. The van der Waals surface area contributed by atoms with Crippen LogP contribution in [-0.4, -0.2) is 386 Å². The highest BCUT2D eigenvalue weighted by atomic mass is 31.2. The molecule has 3 amide bonds. The maximum Gasteiger partial charge on any atom is 0.474 e. The Bertz CT molecular complexity index is 2380. The Kier molecular flexibility index (Phi) is 52.5. The van der Waals surface area contributed by atoms with Crippen LogP contribution in [-0.2, 0) is 140 Å². The van der Waals surface area contributed by atoms with Crippen molar-refractivity contribution in [3.05, 3.63) is 0 Å². The fraction of sp³-hybridized carbons (Fsp3) is 0.948. The zero-order chi connectivity index (χ0) is 76.4. The van der Waals surface area contributed by atoms with Gasteiger partial charge < -0.3 is 138 Å². The lowest BCUT2D eigenvalue weighted by molar-refractivity contribution is -0.272. The van der Waals surface area contributed by atoms with Crippen molar-refractivity contribution in [1.29, 1.82) is 0 Å². The van der Waals surface area contributed by atoms with Crippen molar-refractivity contribution in [2.75, 3.05) is 225 Å². The Morgan fingerprint density at radius 3 is 0.750 bits per heavy atom. The number of ether oxygens (including phenoxy) is 15. The number of aliphatic hydroxyl groups excluding tert-OH is 10. The highest BCUT2D eigenvalue weighted by molar-refractivity contribution is 7.49. The van der Waals surface area contributed by atoms with E-state index < -0.39 is 153 Å². The molecule has 13 N–H and O–H groups in total. The van der Waals surface area contributed by atoms with E-state index >= 15 is 0 Å². The minimum Gasteiger partial charge on any atom is -0.396 e. The van der Waals surface area contributed by atoms with Crippen LogP contribution in [0, 0.1) is 0 Å². The molecule has 0 radical (unpaired) electrons. The van der Waals surface area contributed by atoms with Gasteiger partial charge in [-0.25, -0.2) is 13.7 Å². The topological polar surface area (TPSA) is 562 Å². The van der Waals surface area contributed by atoms with Gasteiger partial charge in [0, 0.05) is 34.5 Å². The third-order valence-electron chi connectivity index (χ3n) is 14.3. The summed E-state index contributed by atoms with van der Waals surface area (Å²) in [5.74, 6) is -1.47. The second-order valence-electron chi connectivity index (χ2n) is 22.4. The number of nitrogens with one attached hydrogen (secondary N) is 3. The number of carbonyl (C=O) groups excluding carboxylic acids is 3. The molecule has 0 bridgehead atoms. The van der Waals surface area contributed by atoms with E-state index in [-0.39, 0.29) is 217 Å². The van der Waals surface area contributed by atoms with Gasteiger partial charge in [0.2, 0.25) is 17.7 Å². The first kappa shape index (κ1) is 95.9. The Hall–Kier alpha value is -2.26. The summed E-state index contributed by atoms with van der Waals surface area (Å²) in [4.78, 5) is 34.9. The summed E-state index contributed by atoms with van der Waals surface area (Å²) in [7, 11) is -11.6. The maximum absolute atomic E-state index is 13.9. The molecule has 3 fully saturated rings. The molecular formula is C58H112N3O40P3. The number of hydrogen-bond acceptors (Lipinski definition) is 40. The summed E-state index contributed by atoms with van der Waals surface area (Å²) in [5.41, 5.74) is 0. The molecule has 614 valence electrons. The second-order valence-corrected chi connectivity index (χ2v) is 27.5. The zero-order valence-electron chi connectivity index (χ0n) is 59.2. The molecule has 3 aliphatic rings. The Morgan fingerprint density at radius 2 is 0.519 bits per heavy atom. The molecule has 0 aromatic heterocycles. The monoisotopic (exact) mass is 1580 g/mol. The number of rotatable bonds is 65. The van der Waals surface area contributed by atoms with E-state index in [1.165, 1.54) is 20.8 Å². The number of phosphoric acid groups is 3. The molecule has 0 spiro atoms. The molecule has 43 nitrogen and oxygen atoms in total. The van der Waals surface area contributed by atoms with E-state index in [1.54, 1.807) is 0 Å². The second kappa shape index (κ2) is 56.9. The molecule has 18 unspecified atom stereocenters. The van der Waals surface area contributed by atoms with E-state index in [9.17, 15) is 79.1 Å². The first-order valence-corrected chi connectivity index (χ1v) is 38.2. The molecule has 3 aliphatic heterocycles. The smallest absolute Gasteiger partial charge is 0.396 e. The Balaban J connectivity index is 1.37. The van der Waals surface area contributed by atoms with E-state index in [1.807, 2.05) is 0 Å². The molecule has 0 aliphatic carbocycles. The SMILES string of the molecule is COP(=O)(OCCCOP(=O)(OCCCOP(=O)(OCCCO)OCCOCCOCCOCCOC1OC(CO)C(O)C(O)C1NC(C)=O)OCCOCCOCCOCCOC1OC(CO)C(O)C(O)C1NC(C)=O)OCCOCCOCCOCCOC1OC(CO)C(O)C(O)C1NC(C)=O. The minimum atomic E-state index is -4.39. The lowest BCUT2D eigenvalue weighted by atomic mass is 9.97. The number of amides is 3. The lowest BCUT2D eigenvalue weighted by Gasteiger charge is -2.42. The molecule has 0 aromatic carbocycles. The van der Waals surface area contributed by atoms with Crippen LogP contribution < -0.4 is 16.0 Å². The quantitative estimate of drug-likeness (QED) is 0.0201. The van der Waals surface area contributed by atoms with E-state index in [4.69, 9.17) is 112 Å². The summed E-state index contributed by atoms with van der Waals surface area (Å²) in [6, 6.07) is -3.27. The molecule has 3 heterocycles. The van der Waals surface area contributed by atoms with E-state index in [0.29, 0.717) is 0 Å². The predicted molar refractivity (Wildman–Crippen MR) is 350 cm³/mol. The number of phosphoric ester groups is 3. The molecule has 3 rings (SSSR count). The summed E-state index contributed by atoms with van der Waals surface area (Å²) in [6.45, 7) is 1.13. The average molecular weight is 1580 g/mol. The summed E-state index contributed by atoms with van der Waals surface area (Å²) < 4.78 is 172. The van der Waals surface area contributed by atoms with Gasteiger partial charge in [0.1, 0.15) is 73.1 Å². The molecule has 104 heavy (non-hydrogen) atoms. The largest absolute Gasteiger partial charge is 0.474 e. The maximum atomic E-state index is 13.9. The van der Waals surface area contributed by atoms with Crippen LogP contribution in [0.25, 0.3) is 0 Å². The normalized spacial score (nSPS) is 26.9. The molecule has 0 saturated carbocycles. The van der Waals surface area contributed by atoms with Gasteiger partial charge in [-0.1, -0.05) is 0 Å². The molecule has 0 aromatic rings. The van der Waals surface area contributed by atoms with Crippen molar-refractivity contribution in [2.24, 2.45) is 0 Å². The van der Waals surface area contributed by atoms with Crippen molar-refractivity contribution in [3.8, 4) is 0 Å². The molecule has 18 atom stereocenters. The number of hydrogen-bond donors (Lipinski definition) is 13. The van der Waals surface area contributed by atoms with Crippen LogP contribution in [0.4, 0.5) is 0 Å². The summed E-state index contributed by atoms with van der Waals surface area (Å²) in [5, 5.41) is 107. The van der Waals surface area contributed by atoms with Crippen LogP contribution in [0.15, 0.2) is 0 Å². The number of carbonyl (C=O) groups is 3. The first-order chi connectivity index (χ1) is 50.0. The van der Waals surface area contributed by atoms with Crippen molar-refractivity contribution in [2.45, 2.75) is 132 Å². The fourth-order valence-electron chi connectivity index (χ4n) is 9.19. The van der Waals surface area contributed by atoms with Gasteiger partial charge >= 0.3 is 23.5 Å². The Morgan fingerprint density at radius 1 is 0.308 bits per heavy atom. The van der Waals surface area contributed by atoms with Crippen molar-refractivity contribution in [3.63, 3.8) is 0 Å². The van der Waals surface area contributed by atoms with Gasteiger partial charge in [-0.15, -0.1) is 0 Å². The third-order valence-corrected chi connectivity index (χ3v) is 18.7. The molecular weight excluding hydrogens is 1470 g/mol. The first-order valence-electron chi connectivity index (χ1n) is 33.9. The van der Waals surface area contributed by atoms with Crippen molar-refractivity contribution < 1.29 is 191 Å². The lowest BCUT2D eigenvalue weighted by Crippen LogP contribution is -2.64. The van der Waals surface area contributed by atoms with Gasteiger partial charge in [0.25, 0.3) is 0 Å². The predicted octanol–water partition coefficient (Wildman–Crippen LogP) is -4.72. The Labute approximate surface area is 603 Å². The summed E-state index contributed by atoms with van der Waals surface area (Å²) in [6.07, 6.45) is -15.6. The van der Waals surface area contributed by atoms with Gasteiger partial charge in [-0.2, -0.15) is 0 Å². The molecule has 3 saturated heterocycles. The van der Waals surface area contributed by atoms with E-state index in [2.05, 4.69) is 16.0 Å². The van der Waals surface area contributed by atoms with Gasteiger partial charge in [0.15, 0.2) is 18.9 Å². The van der Waals surface area contributed by atoms with Crippen LogP contribution >= 0.6 is 23.5 Å². The van der Waals surface area contributed by atoms with Crippen molar-refractivity contribution >= 4 is 41.2 Å². The van der Waals surface area contributed by atoms with E-state index in [0.717, 1.165) is 7.11 Å². The highest BCUT2D eigenvalue weighted by Gasteiger charge is 2.48.